The molecule has 0 amide bonds. The van der Waals surface area contributed by atoms with E-state index in [0.717, 1.165) is 19.3 Å². The van der Waals surface area contributed by atoms with Crippen molar-refractivity contribution in [3.8, 4) is 5.75 Å². The van der Waals surface area contributed by atoms with Crippen LogP contribution in [0.5, 0.6) is 5.75 Å². The third kappa shape index (κ3) is 4.96. The first-order valence-electron chi connectivity index (χ1n) is 10.3. The van der Waals surface area contributed by atoms with E-state index in [-0.39, 0.29) is 4.90 Å². The molecule has 2 fully saturated rings. The molecule has 2 aliphatic rings. The van der Waals surface area contributed by atoms with Crippen molar-refractivity contribution in [2.24, 2.45) is 5.92 Å². The Kier molecular flexibility index (Phi) is 7.17. The lowest BCUT2D eigenvalue weighted by Crippen LogP contribution is -2.43. The Morgan fingerprint density at radius 3 is 2.61 bits per heavy atom. The van der Waals surface area contributed by atoms with Crippen LogP contribution >= 0.6 is 12.2 Å². The molecule has 2 N–H and O–H groups in total. The van der Waals surface area contributed by atoms with Crippen molar-refractivity contribution in [2.75, 3.05) is 25.0 Å². The van der Waals surface area contributed by atoms with Crippen LogP contribution in [0, 0.1) is 5.92 Å². The van der Waals surface area contributed by atoms with Gasteiger partial charge in [0.15, 0.2) is 5.11 Å². The van der Waals surface area contributed by atoms with Crippen LogP contribution in [0.4, 0.5) is 5.69 Å². The second-order valence-electron chi connectivity index (χ2n) is 7.67. The summed E-state index contributed by atoms with van der Waals surface area (Å²) in [6.07, 6.45) is 6.61. The van der Waals surface area contributed by atoms with E-state index in [1.54, 1.807) is 12.1 Å². The first kappa shape index (κ1) is 21.3. The lowest BCUT2D eigenvalue weighted by molar-refractivity contribution is 0.309. The molecule has 156 valence electrons. The quantitative estimate of drug-likeness (QED) is 0.677. The molecule has 0 bridgehead atoms. The fourth-order valence-electron chi connectivity index (χ4n) is 4.00. The van der Waals surface area contributed by atoms with E-state index in [1.165, 1.54) is 23.6 Å². The summed E-state index contributed by atoms with van der Waals surface area (Å²) < 4.78 is 33.3. The van der Waals surface area contributed by atoms with Gasteiger partial charge in [0.2, 0.25) is 10.0 Å². The Balaban J connectivity index is 1.77. The Morgan fingerprint density at radius 2 is 1.93 bits per heavy atom. The molecule has 0 spiro atoms. The average Bonchev–Trinajstić information content (AvgIpc) is 3.20. The number of hydrogen-bond donors (Lipinski definition) is 2. The first-order valence-corrected chi connectivity index (χ1v) is 12.1. The summed E-state index contributed by atoms with van der Waals surface area (Å²) in [5.74, 6) is 0.972. The van der Waals surface area contributed by atoms with Crippen molar-refractivity contribution in [1.29, 1.82) is 0 Å². The predicted molar refractivity (Wildman–Crippen MR) is 116 cm³/mol. The highest BCUT2D eigenvalue weighted by atomic mass is 32.2. The molecule has 0 radical (unpaired) electrons. The van der Waals surface area contributed by atoms with Crippen molar-refractivity contribution in [1.82, 2.24) is 9.62 Å². The normalized spacial score (nSPS) is 23.4. The van der Waals surface area contributed by atoms with Gasteiger partial charge in [-0.2, -0.15) is 4.31 Å². The Bertz CT molecular complexity index is 792. The Hall–Kier alpha value is -1.38. The van der Waals surface area contributed by atoms with Gasteiger partial charge in [0, 0.05) is 24.8 Å². The lowest BCUT2D eigenvalue weighted by Gasteiger charge is -2.30. The fraction of sp³-hybridized carbons (Fsp3) is 0.650. The molecule has 1 saturated carbocycles. The number of sulfonamides is 1. The molecule has 8 heteroatoms. The molecule has 3 rings (SSSR count). The minimum atomic E-state index is -3.58. The maximum absolute atomic E-state index is 13.1. The highest BCUT2D eigenvalue weighted by Crippen LogP contribution is 2.32. The Labute approximate surface area is 174 Å². The van der Waals surface area contributed by atoms with Gasteiger partial charge in [0.25, 0.3) is 0 Å². The summed E-state index contributed by atoms with van der Waals surface area (Å²) >= 11 is 5.48. The monoisotopic (exact) mass is 425 g/mol. The SMILES string of the molecule is CCOc1ccc(NC(=S)N[C@H]2CCCC[C@@H]2C)cc1S(=O)(=O)N1CCCC1. The zero-order chi connectivity index (χ0) is 20.1. The highest BCUT2D eigenvalue weighted by Gasteiger charge is 2.30. The number of thiocarbonyl (C=S) groups is 1. The molecule has 2 atom stereocenters. The number of benzene rings is 1. The van der Waals surface area contributed by atoms with Gasteiger partial charge in [-0.1, -0.05) is 19.8 Å². The molecule has 1 aliphatic carbocycles. The third-order valence-corrected chi connectivity index (χ3v) is 7.75. The molecule has 1 saturated heterocycles. The predicted octanol–water partition coefficient (Wildman–Crippen LogP) is 3.73. The van der Waals surface area contributed by atoms with Crippen LogP contribution in [0.2, 0.25) is 0 Å². The van der Waals surface area contributed by atoms with Crippen molar-refractivity contribution in [3.05, 3.63) is 18.2 Å². The maximum atomic E-state index is 13.1. The van der Waals surface area contributed by atoms with Crippen LogP contribution in [0.3, 0.4) is 0 Å². The second-order valence-corrected chi connectivity index (χ2v) is 9.99. The molecule has 0 unspecified atom stereocenters. The highest BCUT2D eigenvalue weighted by molar-refractivity contribution is 7.89. The van der Waals surface area contributed by atoms with E-state index in [2.05, 4.69) is 17.6 Å². The number of rotatable bonds is 6. The van der Waals surface area contributed by atoms with Gasteiger partial charge in [-0.05, 0) is 68.9 Å². The van der Waals surface area contributed by atoms with Gasteiger partial charge < -0.3 is 15.4 Å². The van der Waals surface area contributed by atoms with Crippen LogP contribution in [0.15, 0.2) is 23.1 Å². The number of anilines is 1. The van der Waals surface area contributed by atoms with Crippen LogP contribution in [-0.2, 0) is 10.0 Å². The zero-order valence-corrected chi connectivity index (χ0v) is 18.4. The smallest absolute Gasteiger partial charge is 0.246 e. The summed E-state index contributed by atoms with van der Waals surface area (Å²) in [5.41, 5.74) is 0.655. The largest absolute Gasteiger partial charge is 0.492 e. The van der Waals surface area contributed by atoms with E-state index in [4.69, 9.17) is 17.0 Å². The number of hydrogen-bond acceptors (Lipinski definition) is 4. The standard InChI is InChI=1S/C20H31N3O3S2/c1-3-26-18-11-10-16(14-19(18)28(24,25)23-12-6-7-13-23)21-20(27)22-17-9-5-4-8-15(17)2/h10-11,14-15,17H,3-9,12-13H2,1-2H3,(H2,21,22,27)/t15-,17-/m0/s1. The molecule has 1 aromatic carbocycles. The van der Waals surface area contributed by atoms with Crippen molar-refractivity contribution < 1.29 is 13.2 Å². The van der Waals surface area contributed by atoms with Gasteiger partial charge in [0.05, 0.1) is 6.61 Å². The first-order chi connectivity index (χ1) is 13.4. The van der Waals surface area contributed by atoms with Gasteiger partial charge in [-0.3, -0.25) is 0 Å². The van der Waals surface area contributed by atoms with E-state index in [9.17, 15) is 8.42 Å². The lowest BCUT2D eigenvalue weighted by atomic mass is 9.86. The second kappa shape index (κ2) is 9.41. The van der Waals surface area contributed by atoms with Crippen LogP contribution in [0.1, 0.15) is 52.4 Å². The Morgan fingerprint density at radius 1 is 1.21 bits per heavy atom. The van der Waals surface area contributed by atoms with Crippen LogP contribution < -0.4 is 15.4 Å². The summed E-state index contributed by atoms with van der Waals surface area (Å²) in [5, 5.41) is 7.10. The molecule has 1 heterocycles. The van der Waals surface area contributed by atoms with E-state index >= 15 is 0 Å². The zero-order valence-electron chi connectivity index (χ0n) is 16.7. The molecular formula is C20H31N3O3S2. The minimum absolute atomic E-state index is 0.204. The molecular weight excluding hydrogens is 394 g/mol. The molecule has 6 nitrogen and oxygen atoms in total. The number of nitrogens with zero attached hydrogens (tertiary/aromatic N) is 1. The summed E-state index contributed by atoms with van der Waals surface area (Å²) in [6.45, 7) is 5.63. The molecule has 1 aliphatic heterocycles. The number of nitrogens with one attached hydrogen (secondary N) is 2. The van der Waals surface area contributed by atoms with Crippen molar-refractivity contribution in [2.45, 2.75) is 63.3 Å². The fourth-order valence-corrected chi connectivity index (χ4v) is 5.94. The average molecular weight is 426 g/mol. The van der Waals surface area contributed by atoms with E-state index in [0.29, 0.717) is 48.2 Å². The topological polar surface area (TPSA) is 70.7 Å². The van der Waals surface area contributed by atoms with Gasteiger partial charge in [-0.25, -0.2) is 8.42 Å². The van der Waals surface area contributed by atoms with Crippen molar-refractivity contribution >= 4 is 33.0 Å². The van der Waals surface area contributed by atoms with Crippen LogP contribution in [-0.4, -0.2) is 43.6 Å². The summed E-state index contributed by atoms with van der Waals surface area (Å²) in [7, 11) is -3.58. The van der Waals surface area contributed by atoms with Crippen molar-refractivity contribution in [3.63, 3.8) is 0 Å². The number of ether oxygens (including phenoxy) is 1. The molecule has 28 heavy (non-hydrogen) atoms. The minimum Gasteiger partial charge on any atom is -0.492 e. The van der Waals surface area contributed by atoms with Gasteiger partial charge in [0.1, 0.15) is 10.6 Å². The van der Waals surface area contributed by atoms with Gasteiger partial charge in [-0.15, -0.1) is 0 Å². The molecule has 0 aromatic heterocycles. The molecule has 1 aromatic rings. The third-order valence-electron chi connectivity index (χ3n) is 5.61. The maximum Gasteiger partial charge on any atom is 0.246 e. The summed E-state index contributed by atoms with van der Waals surface area (Å²) in [4.78, 5) is 0.204. The van der Waals surface area contributed by atoms with Crippen LogP contribution in [0.25, 0.3) is 0 Å². The van der Waals surface area contributed by atoms with E-state index < -0.39 is 10.0 Å². The summed E-state index contributed by atoms with van der Waals surface area (Å²) in [6, 6.07) is 5.52. The van der Waals surface area contributed by atoms with E-state index in [1.807, 2.05) is 13.0 Å². The van der Waals surface area contributed by atoms with Gasteiger partial charge >= 0.3 is 0 Å².